The van der Waals surface area contributed by atoms with E-state index in [1.54, 1.807) is 31.3 Å². The minimum atomic E-state index is -0.626. The lowest BCUT2D eigenvalue weighted by Crippen LogP contribution is -2.17. The van der Waals surface area contributed by atoms with Gasteiger partial charge < -0.3 is 9.47 Å². The van der Waals surface area contributed by atoms with Crippen LogP contribution in [0.15, 0.2) is 48.7 Å². The largest absolute Gasteiger partial charge is 0.492 e. The van der Waals surface area contributed by atoms with Crippen molar-refractivity contribution in [1.82, 2.24) is 4.98 Å². The van der Waals surface area contributed by atoms with Crippen molar-refractivity contribution in [3.05, 3.63) is 82.3 Å². The summed E-state index contributed by atoms with van der Waals surface area (Å²) in [5.74, 6) is -0.144. The SMILES string of the molecule is Cc1c(Oc2cc(Cc3ccc(C#N)cc3)ccn2)c(F)cc2c1OCCC2=O. The second-order valence-corrected chi connectivity index (χ2v) is 6.80. The summed E-state index contributed by atoms with van der Waals surface area (Å²) in [6, 6.07) is 14.2. The van der Waals surface area contributed by atoms with Gasteiger partial charge in [0.2, 0.25) is 5.88 Å². The Kier molecular flexibility index (Phi) is 4.96. The van der Waals surface area contributed by atoms with E-state index >= 15 is 0 Å². The lowest BCUT2D eigenvalue weighted by atomic mass is 10.0. The molecule has 0 radical (unpaired) electrons. The van der Waals surface area contributed by atoms with Gasteiger partial charge in [-0.1, -0.05) is 12.1 Å². The molecule has 29 heavy (non-hydrogen) atoms. The first-order valence-electron chi connectivity index (χ1n) is 9.16. The zero-order valence-corrected chi connectivity index (χ0v) is 15.7. The number of carbonyl (C=O) groups is 1. The third kappa shape index (κ3) is 3.81. The number of hydrogen-bond acceptors (Lipinski definition) is 5. The highest BCUT2D eigenvalue weighted by atomic mass is 19.1. The summed E-state index contributed by atoms with van der Waals surface area (Å²) >= 11 is 0. The van der Waals surface area contributed by atoms with Gasteiger partial charge in [-0.2, -0.15) is 5.26 Å². The van der Waals surface area contributed by atoms with Gasteiger partial charge in [-0.15, -0.1) is 0 Å². The quantitative estimate of drug-likeness (QED) is 0.645. The Hall–Kier alpha value is -3.72. The molecule has 1 aliphatic heterocycles. The van der Waals surface area contributed by atoms with Crippen LogP contribution in [0, 0.1) is 24.1 Å². The lowest BCUT2D eigenvalue weighted by molar-refractivity contribution is 0.0931. The van der Waals surface area contributed by atoms with Gasteiger partial charge in [-0.3, -0.25) is 4.79 Å². The average molecular weight is 388 g/mol. The molecule has 0 N–H and O–H groups in total. The van der Waals surface area contributed by atoms with E-state index in [-0.39, 0.29) is 36.0 Å². The molecule has 0 spiro atoms. The molecule has 4 rings (SSSR count). The van der Waals surface area contributed by atoms with E-state index in [4.69, 9.17) is 14.7 Å². The first-order valence-corrected chi connectivity index (χ1v) is 9.16. The topological polar surface area (TPSA) is 72.2 Å². The minimum Gasteiger partial charge on any atom is -0.492 e. The van der Waals surface area contributed by atoms with E-state index in [2.05, 4.69) is 11.1 Å². The predicted octanol–water partition coefficient (Wildman–Crippen LogP) is 4.75. The molecule has 0 fully saturated rings. The molecule has 0 saturated heterocycles. The fraction of sp³-hybridized carbons (Fsp3) is 0.174. The Morgan fingerprint density at radius 1 is 1.21 bits per heavy atom. The molecule has 1 aromatic heterocycles. The van der Waals surface area contributed by atoms with Crippen LogP contribution in [0.2, 0.25) is 0 Å². The molecule has 0 amide bonds. The van der Waals surface area contributed by atoms with Gasteiger partial charge >= 0.3 is 0 Å². The van der Waals surface area contributed by atoms with E-state index in [9.17, 15) is 9.18 Å². The number of aromatic nitrogens is 1. The first-order chi connectivity index (χ1) is 14.0. The Balaban J connectivity index is 1.60. The molecule has 2 aromatic carbocycles. The number of nitrogens with zero attached hydrogens (tertiary/aromatic N) is 2. The highest BCUT2D eigenvalue weighted by Crippen LogP contribution is 2.38. The summed E-state index contributed by atoms with van der Waals surface area (Å²) in [7, 11) is 0. The van der Waals surface area contributed by atoms with Crippen LogP contribution in [-0.2, 0) is 6.42 Å². The third-order valence-corrected chi connectivity index (χ3v) is 4.79. The molecule has 0 bridgehead atoms. The number of ether oxygens (including phenoxy) is 2. The van der Waals surface area contributed by atoms with Crippen LogP contribution in [0.4, 0.5) is 4.39 Å². The van der Waals surface area contributed by atoms with Crippen molar-refractivity contribution in [2.24, 2.45) is 0 Å². The van der Waals surface area contributed by atoms with Crippen LogP contribution in [0.5, 0.6) is 17.4 Å². The number of Topliss-reactive ketones (excluding diaryl/α,β-unsaturated/α-hetero) is 1. The molecule has 5 nitrogen and oxygen atoms in total. The van der Waals surface area contributed by atoms with Gasteiger partial charge in [0.05, 0.1) is 23.8 Å². The second-order valence-electron chi connectivity index (χ2n) is 6.80. The van der Waals surface area contributed by atoms with E-state index in [0.717, 1.165) is 11.1 Å². The zero-order valence-electron chi connectivity index (χ0n) is 15.7. The van der Waals surface area contributed by atoms with Crippen molar-refractivity contribution in [2.75, 3.05) is 6.61 Å². The fourth-order valence-electron chi connectivity index (χ4n) is 3.29. The number of benzene rings is 2. The lowest BCUT2D eigenvalue weighted by Gasteiger charge is -2.20. The standard InChI is InChI=1S/C23H17FN2O3/c1-14-22-18(20(27)7-9-28-22)12-19(24)23(14)29-21-11-17(6-8-26-21)10-15-2-4-16(13-25)5-3-15/h2-6,8,11-12H,7,9-10H2,1H3. The number of fused-ring (bicyclic) bond motifs is 1. The van der Waals surface area contributed by atoms with Crippen LogP contribution in [0.25, 0.3) is 0 Å². The highest BCUT2D eigenvalue weighted by molar-refractivity contribution is 6.00. The molecule has 2 heterocycles. The van der Waals surface area contributed by atoms with Gasteiger partial charge in [-0.25, -0.2) is 9.37 Å². The summed E-state index contributed by atoms with van der Waals surface area (Å²) in [6.07, 6.45) is 2.46. The summed E-state index contributed by atoms with van der Waals surface area (Å²) in [4.78, 5) is 16.2. The van der Waals surface area contributed by atoms with Crippen molar-refractivity contribution in [1.29, 1.82) is 5.26 Å². The molecule has 3 aromatic rings. The number of ketones is 1. The second kappa shape index (κ2) is 7.72. The smallest absolute Gasteiger partial charge is 0.219 e. The monoisotopic (exact) mass is 388 g/mol. The van der Waals surface area contributed by atoms with Gasteiger partial charge in [0.25, 0.3) is 0 Å². The molecule has 0 saturated carbocycles. The van der Waals surface area contributed by atoms with Crippen LogP contribution in [0.3, 0.4) is 0 Å². The van der Waals surface area contributed by atoms with Gasteiger partial charge in [0, 0.05) is 24.2 Å². The van der Waals surface area contributed by atoms with Gasteiger partial charge in [-0.05, 0) is 48.7 Å². The maximum Gasteiger partial charge on any atom is 0.219 e. The number of nitriles is 1. The Labute approximate surface area is 167 Å². The van der Waals surface area contributed by atoms with Crippen molar-refractivity contribution >= 4 is 5.78 Å². The fourth-order valence-corrected chi connectivity index (χ4v) is 3.29. The average Bonchev–Trinajstić information content (AvgIpc) is 2.73. The number of carbonyl (C=O) groups excluding carboxylic acids is 1. The normalized spacial score (nSPS) is 12.7. The molecule has 0 aliphatic carbocycles. The molecule has 6 heteroatoms. The number of hydrogen-bond donors (Lipinski definition) is 0. The van der Waals surface area contributed by atoms with Gasteiger partial charge in [0.15, 0.2) is 17.3 Å². The number of pyridine rings is 1. The van der Waals surface area contributed by atoms with Crippen LogP contribution >= 0.6 is 0 Å². The van der Waals surface area contributed by atoms with E-state index in [1.807, 2.05) is 18.2 Å². The minimum absolute atomic E-state index is 0.00136. The maximum atomic E-state index is 14.6. The Bertz CT molecular complexity index is 1130. The molecular formula is C23H17FN2O3. The molecule has 0 unspecified atom stereocenters. The number of halogens is 1. The molecule has 0 atom stereocenters. The van der Waals surface area contributed by atoms with Crippen molar-refractivity contribution in [2.45, 2.75) is 19.8 Å². The number of rotatable bonds is 4. The van der Waals surface area contributed by atoms with Crippen molar-refractivity contribution in [3.63, 3.8) is 0 Å². The van der Waals surface area contributed by atoms with Crippen LogP contribution < -0.4 is 9.47 Å². The zero-order chi connectivity index (χ0) is 20.4. The predicted molar refractivity (Wildman–Crippen MR) is 104 cm³/mol. The van der Waals surface area contributed by atoms with E-state index < -0.39 is 5.82 Å². The molecule has 144 valence electrons. The van der Waals surface area contributed by atoms with Gasteiger partial charge in [0.1, 0.15) is 5.75 Å². The summed E-state index contributed by atoms with van der Waals surface area (Å²) in [6.45, 7) is 1.94. The highest BCUT2D eigenvalue weighted by Gasteiger charge is 2.26. The first kappa shape index (κ1) is 18.6. The Morgan fingerprint density at radius 2 is 2.00 bits per heavy atom. The summed E-state index contributed by atoms with van der Waals surface area (Å²) in [5.41, 5.74) is 3.26. The van der Waals surface area contributed by atoms with Crippen LogP contribution in [-0.4, -0.2) is 17.4 Å². The van der Waals surface area contributed by atoms with Crippen molar-refractivity contribution in [3.8, 4) is 23.4 Å². The van der Waals surface area contributed by atoms with Crippen molar-refractivity contribution < 1.29 is 18.7 Å². The van der Waals surface area contributed by atoms with E-state index in [1.165, 1.54) is 6.07 Å². The maximum absolute atomic E-state index is 14.6. The summed E-state index contributed by atoms with van der Waals surface area (Å²) in [5, 5.41) is 8.90. The molecular weight excluding hydrogens is 371 g/mol. The van der Waals surface area contributed by atoms with Crippen LogP contribution in [0.1, 0.15) is 39.0 Å². The van der Waals surface area contributed by atoms with E-state index in [0.29, 0.717) is 23.3 Å². The summed E-state index contributed by atoms with van der Waals surface area (Å²) < 4.78 is 25.9. The third-order valence-electron chi connectivity index (χ3n) is 4.79. The molecule has 1 aliphatic rings. The Morgan fingerprint density at radius 3 is 2.76 bits per heavy atom.